The van der Waals surface area contributed by atoms with E-state index in [1.165, 1.54) is 16.8 Å². The Labute approximate surface area is 199 Å². The number of fused-ring (bicyclic) bond motifs is 1. The fraction of sp³-hybridized carbons (Fsp3) is 0.440. The van der Waals surface area contributed by atoms with Gasteiger partial charge in [-0.1, -0.05) is 23.9 Å². The van der Waals surface area contributed by atoms with E-state index >= 15 is 0 Å². The summed E-state index contributed by atoms with van der Waals surface area (Å²) in [5, 5.41) is 2.78. The molecule has 5 rings (SSSR count). The SMILES string of the molecule is Cc1ccc(C)c(N2CCN(C(=O)c3ccc4c(c3)NC(=O)[C@@H](N3CCOCC3)S4)CC2)c1. The van der Waals surface area contributed by atoms with E-state index in [0.29, 0.717) is 31.9 Å². The zero-order valence-corrected chi connectivity index (χ0v) is 20.0. The molecule has 0 aromatic heterocycles. The summed E-state index contributed by atoms with van der Waals surface area (Å²) >= 11 is 1.55. The molecular formula is C25H30N4O3S. The van der Waals surface area contributed by atoms with E-state index in [1.54, 1.807) is 11.8 Å². The van der Waals surface area contributed by atoms with Crippen LogP contribution in [0, 0.1) is 13.8 Å². The molecule has 174 valence electrons. The number of amides is 2. The summed E-state index contributed by atoms with van der Waals surface area (Å²) in [7, 11) is 0. The van der Waals surface area contributed by atoms with Crippen LogP contribution in [0.25, 0.3) is 0 Å². The first-order chi connectivity index (χ1) is 16.0. The third-order valence-corrected chi connectivity index (χ3v) is 7.94. The minimum absolute atomic E-state index is 0.0213. The Morgan fingerprint density at radius 3 is 2.52 bits per heavy atom. The van der Waals surface area contributed by atoms with Gasteiger partial charge in [0.15, 0.2) is 0 Å². The molecule has 1 N–H and O–H groups in total. The number of hydrogen-bond acceptors (Lipinski definition) is 6. The second-order valence-corrected chi connectivity index (χ2v) is 10.0. The molecule has 33 heavy (non-hydrogen) atoms. The lowest BCUT2D eigenvalue weighted by Gasteiger charge is -2.37. The van der Waals surface area contributed by atoms with E-state index in [4.69, 9.17) is 4.74 Å². The molecule has 3 heterocycles. The number of nitrogens with zero attached hydrogens (tertiary/aromatic N) is 3. The summed E-state index contributed by atoms with van der Waals surface area (Å²) in [5.74, 6) is -0.00546. The fourth-order valence-corrected chi connectivity index (χ4v) is 5.83. The number of thioether (sulfide) groups is 1. The van der Waals surface area contributed by atoms with Gasteiger partial charge >= 0.3 is 0 Å². The van der Waals surface area contributed by atoms with Crippen molar-refractivity contribution in [2.75, 3.05) is 62.7 Å². The topological polar surface area (TPSA) is 65.1 Å². The first-order valence-electron chi connectivity index (χ1n) is 11.5. The Kier molecular flexibility index (Phi) is 6.32. The highest BCUT2D eigenvalue weighted by molar-refractivity contribution is 8.00. The number of nitrogens with one attached hydrogen (secondary N) is 1. The number of piperazine rings is 1. The minimum atomic E-state index is -0.249. The summed E-state index contributed by atoms with van der Waals surface area (Å²) in [6, 6.07) is 12.2. The van der Waals surface area contributed by atoms with Crippen LogP contribution in [0.5, 0.6) is 0 Å². The zero-order valence-electron chi connectivity index (χ0n) is 19.2. The maximum Gasteiger partial charge on any atom is 0.254 e. The number of anilines is 2. The van der Waals surface area contributed by atoms with Crippen molar-refractivity contribution in [2.24, 2.45) is 0 Å². The lowest BCUT2D eigenvalue weighted by atomic mass is 10.1. The first-order valence-corrected chi connectivity index (χ1v) is 12.4. The molecule has 0 aliphatic carbocycles. The van der Waals surface area contributed by atoms with Crippen molar-refractivity contribution in [1.82, 2.24) is 9.80 Å². The van der Waals surface area contributed by atoms with E-state index in [1.807, 2.05) is 23.1 Å². The summed E-state index contributed by atoms with van der Waals surface area (Å²) in [4.78, 5) is 33.4. The van der Waals surface area contributed by atoms with Crippen LogP contribution in [0.2, 0.25) is 0 Å². The smallest absolute Gasteiger partial charge is 0.254 e. The molecule has 7 nitrogen and oxygen atoms in total. The van der Waals surface area contributed by atoms with Crippen molar-refractivity contribution >= 4 is 35.0 Å². The minimum Gasteiger partial charge on any atom is -0.379 e. The summed E-state index contributed by atoms with van der Waals surface area (Å²) in [6.07, 6.45) is 0. The van der Waals surface area contributed by atoms with Crippen LogP contribution in [0.15, 0.2) is 41.3 Å². The normalized spacial score (nSPS) is 21.5. The Balaban J connectivity index is 1.25. The molecule has 0 saturated carbocycles. The molecule has 8 heteroatoms. The van der Waals surface area contributed by atoms with Gasteiger partial charge in [-0.2, -0.15) is 0 Å². The van der Waals surface area contributed by atoms with E-state index < -0.39 is 0 Å². The molecule has 2 saturated heterocycles. The highest BCUT2D eigenvalue weighted by Crippen LogP contribution is 2.38. The van der Waals surface area contributed by atoms with Gasteiger partial charge in [0.2, 0.25) is 0 Å². The number of benzene rings is 2. The van der Waals surface area contributed by atoms with E-state index in [9.17, 15) is 9.59 Å². The van der Waals surface area contributed by atoms with Gasteiger partial charge in [0.25, 0.3) is 11.8 Å². The molecule has 2 fully saturated rings. The van der Waals surface area contributed by atoms with Crippen LogP contribution in [-0.4, -0.2) is 79.5 Å². The molecule has 0 bridgehead atoms. The van der Waals surface area contributed by atoms with Crippen LogP contribution in [-0.2, 0) is 9.53 Å². The van der Waals surface area contributed by atoms with Crippen LogP contribution in [0.3, 0.4) is 0 Å². The van der Waals surface area contributed by atoms with Gasteiger partial charge in [0, 0.05) is 55.4 Å². The van der Waals surface area contributed by atoms with Gasteiger partial charge in [-0.15, -0.1) is 0 Å². The van der Waals surface area contributed by atoms with E-state index in [0.717, 1.165) is 36.8 Å². The molecule has 0 unspecified atom stereocenters. The predicted octanol–water partition coefficient (Wildman–Crippen LogP) is 2.97. The average Bonchev–Trinajstić information content (AvgIpc) is 2.85. The summed E-state index contributed by atoms with van der Waals surface area (Å²) in [5.41, 5.74) is 5.12. The summed E-state index contributed by atoms with van der Waals surface area (Å²) in [6.45, 7) is 10.1. The Morgan fingerprint density at radius 1 is 1.00 bits per heavy atom. The summed E-state index contributed by atoms with van der Waals surface area (Å²) < 4.78 is 5.41. The second-order valence-electron chi connectivity index (χ2n) is 8.89. The maximum atomic E-state index is 13.2. The third-order valence-electron chi connectivity index (χ3n) is 6.60. The zero-order chi connectivity index (χ0) is 22.9. The number of rotatable bonds is 3. The van der Waals surface area contributed by atoms with E-state index in [-0.39, 0.29) is 17.2 Å². The average molecular weight is 467 g/mol. The highest BCUT2D eigenvalue weighted by atomic mass is 32.2. The molecule has 2 aromatic rings. The van der Waals surface area contributed by atoms with Crippen LogP contribution in [0.1, 0.15) is 21.5 Å². The first kappa shape index (κ1) is 22.3. The Morgan fingerprint density at radius 2 is 1.76 bits per heavy atom. The lowest BCUT2D eigenvalue weighted by Crippen LogP contribution is -2.49. The fourth-order valence-electron chi connectivity index (χ4n) is 4.68. The van der Waals surface area contributed by atoms with Gasteiger partial charge in [-0.3, -0.25) is 14.5 Å². The lowest BCUT2D eigenvalue weighted by molar-refractivity contribution is -0.119. The molecule has 2 aromatic carbocycles. The van der Waals surface area contributed by atoms with Crippen LogP contribution >= 0.6 is 11.8 Å². The van der Waals surface area contributed by atoms with Gasteiger partial charge in [-0.25, -0.2) is 0 Å². The number of aryl methyl sites for hydroxylation is 2. The van der Waals surface area contributed by atoms with Gasteiger partial charge in [0.05, 0.1) is 18.9 Å². The van der Waals surface area contributed by atoms with Crippen molar-refractivity contribution in [3.8, 4) is 0 Å². The second kappa shape index (κ2) is 9.37. The van der Waals surface area contributed by atoms with Crippen molar-refractivity contribution in [3.63, 3.8) is 0 Å². The van der Waals surface area contributed by atoms with Gasteiger partial charge < -0.3 is 19.9 Å². The number of morpholine rings is 1. The quantitative estimate of drug-likeness (QED) is 0.750. The van der Waals surface area contributed by atoms with Gasteiger partial charge in [0.1, 0.15) is 5.37 Å². The standard InChI is InChI=1S/C25H30N4O3S/c1-17-3-4-18(2)21(15-17)27-7-9-28(10-8-27)24(31)19-5-6-22-20(16-19)26-23(30)25(33-22)29-11-13-32-14-12-29/h3-6,15-16,25H,7-14H2,1-2H3,(H,26,30)/t25-/m0/s1. The van der Waals surface area contributed by atoms with E-state index in [2.05, 4.69) is 47.2 Å². The van der Waals surface area contributed by atoms with Crippen LogP contribution < -0.4 is 10.2 Å². The predicted molar refractivity (Wildman–Crippen MR) is 131 cm³/mol. The van der Waals surface area contributed by atoms with Crippen molar-refractivity contribution < 1.29 is 14.3 Å². The number of ether oxygens (including phenoxy) is 1. The number of carbonyl (C=O) groups excluding carboxylic acids is 2. The van der Waals surface area contributed by atoms with Crippen molar-refractivity contribution in [2.45, 2.75) is 24.1 Å². The monoisotopic (exact) mass is 466 g/mol. The highest BCUT2D eigenvalue weighted by Gasteiger charge is 2.33. The third kappa shape index (κ3) is 4.60. The van der Waals surface area contributed by atoms with Crippen LogP contribution in [0.4, 0.5) is 11.4 Å². The molecule has 3 aliphatic heterocycles. The molecule has 0 radical (unpaired) electrons. The molecule has 3 aliphatic rings. The molecule has 0 spiro atoms. The van der Waals surface area contributed by atoms with Crippen molar-refractivity contribution in [1.29, 1.82) is 0 Å². The number of carbonyl (C=O) groups is 2. The maximum absolute atomic E-state index is 13.2. The molecule has 2 amide bonds. The largest absolute Gasteiger partial charge is 0.379 e. The Bertz CT molecular complexity index is 1060. The van der Waals surface area contributed by atoms with Crippen molar-refractivity contribution in [3.05, 3.63) is 53.1 Å². The molecular weight excluding hydrogens is 436 g/mol. The number of hydrogen-bond donors (Lipinski definition) is 1. The van der Waals surface area contributed by atoms with Gasteiger partial charge in [-0.05, 0) is 49.2 Å². The molecule has 1 atom stereocenters. The Hall–Kier alpha value is -2.55.